The number of aryl methyl sites for hydroxylation is 1. The standard InChI is InChI=1S/C85H43N/c1-3-4-5-6-7-8-9-10-11-12-13-14-15-16-18-23-19-17-20-24(21-23)83-85-81-75-69-59-47-39-31-27-25-26-29-33(31)41(47)51-45-37(29)38-30(26)34-32-28(25)36-35(27)43-49(39)57-63-53(43)54-44(36)50-40(32)48-42(34)52-46(38)56-55(45)67(61(51)69)77(81)78-68(56)62(52)70-60(48)66-58(50)64(54)72-71(63)79(73(75)65(57)59)84(85,22-86(83)2)80(72)74(66)76(70)82(78)85/h17,19-21,83H,3-16,18,22H2,1-2H3. The van der Waals surface area contributed by atoms with Gasteiger partial charge in [0.25, 0.3) is 0 Å². The van der Waals surface area contributed by atoms with Gasteiger partial charge in [-0.2, -0.15) is 0 Å². The summed E-state index contributed by atoms with van der Waals surface area (Å²) in [7, 11) is 2.64. The highest BCUT2D eigenvalue weighted by atomic mass is 15.2. The van der Waals surface area contributed by atoms with E-state index in [2.05, 4.69) is 43.1 Å². The lowest BCUT2D eigenvalue weighted by Gasteiger charge is -2.52. The molecule has 0 amide bonds. The summed E-state index contributed by atoms with van der Waals surface area (Å²) in [5.41, 5.74) is 9.83. The fourth-order valence-corrected chi connectivity index (χ4v) is 29.0. The Morgan fingerprint density at radius 3 is 0.791 bits per heavy atom. The van der Waals surface area contributed by atoms with Crippen LogP contribution < -0.4 is 0 Å². The number of hydrogen-bond acceptors (Lipinski definition) is 1. The fraction of sp³-hybridized carbons (Fsp3) is 0.247. The Morgan fingerprint density at radius 1 is 0.291 bits per heavy atom. The molecule has 1 atom stereocenters. The molecule has 29 aromatic rings. The lowest BCUT2D eigenvalue weighted by atomic mass is 9.47. The molecule has 34 rings (SSSR count). The Bertz CT molecular complexity index is 7550. The Kier molecular flexibility index (Phi) is 4.40. The van der Waals surface area contributed by atoms with Crippen LogP contribution in [0.15, 0.2) is 24.3 Å². The molecule has 0 bridgehead atoms. The molecule has 2 spiro atoms. The van der Waals surface area contributed by atoms with Gasteiger partial charge < -0.3 is 0 Å². The zero-order chi connectivity index (χ0) is 52.9. The topological polar surface area (TPSA) is 3.24 Å². The molecule has 1 saturated heterocycles. The molecule has 1 nitrogen and oxygen atoms in total. The van der Waals surface area contributed by atoms with Crippen LogP contribution in [0.25, 0.3) is 291 Å². The Hall–Kier alpha value is -8.36. The van der Waals surface area contributed by atoms with E-state index in [1.807, 2.05) is 0 Å². The van der Waals surface area contributed by atoms with Gasteiger partial charge in [0.2, 0.25) is 0 Å². The van der Waals surface area contributed by atoms with Crippen molar-refractivity contribution >= 4 is 291 Å². The molecule has 0 aromatic heterocycles. The number of likely N-dealkylation sites (N-methyl/N-ethyl adjacent to an activating group) is 1. The van der Waals surface area contributed by atoms with Crippen LogP contribution in [-0.2, 0) is 17.3 Å². The number of likely N-dealkylation sites (tertiary alicyclic amines) is 1. The highest BCUT2D eigenvalue weighted by molar-refractivity contribution is 6.82. The molecule has 1 fully saturated rings. The Balaban J connectivity index is 0.772. The molecule has 4 aliphatic carbocycles. The van der Waals surface area contributed by atoms with Crippen LogP contribution in [0.3, 0.4) is 0 Å². The average Bonchev–Trinajstić information content (AvgIpc) is 1.38. The lowest BCUT2D eigenvalue weighted by molar-refractivity contribution is 0.271. The molecule has 86 heavy (non-hydrogen) atoms. The highest BCUT2D eigenvalue weighted by Crippen LogP contribution is 2.87. The Labute approximate surface area is 484 Å². The van der Waals surface area contributed by atoms with E-state index in [0.29, 0.717) is 0 Å². The molecule has 29 aromatic carbocycles. The fourth-order valence-electron chi connectivity index (χ4n) is 29.0. The molecule has 1 aliphatic heterocycles. The van der Waals surface area contributed by atoms with Crippen molar-refractivity contribution in [3.8, 4) is 0 Å². The van der Waals surface area contributed by atoms with Gasteiger partial charge in [0.15, 0.2) is 0 Å². The van der Waals surface area contributed by atoms with E-state index < -0.39 is 0 Å². The van der Waals surface area contributed by atoms with Crippen LogP contribution in [-0.4, -0.2) is 18.5 Å². The minimum atomic E-state index is -0.305. The summed E-state index contributed by atoms with van der Waals surface area (Å²) in [5.74, 6) is 0. The monoisotopic (exact) mass is 1080 g/mol. The lowest BCUT2D eigenvalue weighted by Crippen LogP contribution is -2.51. The number of hydrogen-bond donors (Lipinski definition) is 0. The zero-order valence-corrected chi connectivity index (χ0v) is 47.6. The molecule has 0 N–H and O–H groups in total. The summed E-state index contributed by atoms with van der Waals surface area (Å²) in [4.78, 5) is 3.02. The smallest absolute Gasteiger partial charge is 0.0575 e. The van der Waals surface area contributed by atoms with Gasteiger partial charge in [-0.25, -0.2) is 0 Å². The number of unbranched alkanes of at least 4 members (excludes halogenated alkanes) is 13. The third kappa shape index (κ3) is 2.51. The van der Waals surface area contributed by atoms with Gasteiger partial charge in [-0.05, 0) is 344 Å². The highest BCUT2D eigenvalue weighted by Gasteiger charge is 2.76. The van der Waals surface area contributed by atoms with E-state index in [9.17, 15) is 0 Å². The largest absolute Gasteiger partial charge is 0.297 e. The predicted octanol–water partition coefficient (Wildman–Crippen LogP) is 24.0. The first kappa shape index (κ1) is 37.9. The molecular weight excluding hydrogens is 1030 g/mol. The van der Waals surface area contributed by atoms with Crippen molar-refractivity contribution in [3.63, 3.8) is 0 Å². The molecule has 1 unspecified atom stereocenters. The van der Waals surface area contributed by atoms with Gasteiger partial charge in [-0.1, -0.05) is 115 Å². The number of nitrogens with zero attached hydrogens (tertiary/aromatic N) is 1. The van der Waals surface area contributed by atoms with Crippen molar-refractivity contribution in [2.45, 2.75) is 120 Å². The SMILES string of the molecule is CCCCCCCCCCCCCCCCc1cccc(C2N(C)CC34c5c6c7c8c9c%10c(c%11c%12c3c3c5c5c%13c6c6c7c7c9c9c%14c%10c%10c%11c%11c%12c%12c3c3c5c5c%13c%13c6c6c7c9c7c9c%14c%10c%10c%11c%11c%12c3c3c5c5c%13c6c7c6c9c%10c%11c3c56)C824)c1. The molecule has 0 radical (unpaired) electrons. The summed E-state index contributed by atoms with van der Waals surface area (Å²) in [5, 5.41) is 91.3. The van der Waals surface area contributed by atoms with Gasteiger partial charge in [0, 0.05) is 12.6 Å². The van der Waals surface area contributed by atoms with Gasteiger partial charge in [-0.15, -0.1) is 0 Å². The second-order valence-corrected chi connectivity index (χ2v) is 31.9. The van der Waals surface area contributed by atoms with E-state index in [-0.39, 0.29) is 16.9 Å². The van der Waals surface area contributed by atoms with Crippen LogP contribution in [0.1, 0.15) is 136 Å². The number of rotatable bonds is 16. The van der Waals surface area contributed by atoms with Crippen LogP contribution >= 0.6 is 0 Å². The Morgan fingerprint density at radius 2 is 0.523 bits per heavy atom. The van der Waals surface area contributed by atoms with Crippen molar-refractivity contribution < 1.29 is 0 Å². The summed E-state index contributed by atoms with van der Waals surface area (Å²) in [6.45, 7) is 3.40. The molecule has 5 aliphatic rings. The summed E-state index contributed by atoms with van der Waals surface area (Å²) in [6, 6.07) is 10.7. The van der Waals surface area contributed by atoms with Crippen molar-refractivity contribution in [1.82, 2.24) is 4.90 Å². The van der Waals surface area contributed by atoms with Gasteiger partial charge >= 0.3 is 0 Å². The predicted molar refractivity (Wildman–Crippen MR) is 370 cm³/mol. The zero-order valence-electron chi connectivity index (χ0n) is 47.6. The number of benzene rings is 19. The normalized spacial score (nSPS) is 21.7. The third-order valence-corrected chi connectivity index (χ3v) is 30.0. The molecule has 388 valence electrons. The second kappa shape index (κ2) is 9.98. The maximum Gasteiger partial charge on any atom is 0.0575 e. The van der Waals surface area contributed by atoms with Gasteiger partial charge in [-0.3, -0.25) is 4.90 Å². The van der Waals surface area contributed by atoms with Crippen LogP contribution in [0.2, 0.25) is 0 Å². The average molecular weight is 1080 g/mol. The van der Waals surface area contributed by atoms with E-state index in [1.54, 1.807) is 324 Å². The van der Waals surface area contributed by atoms with Crippen molar-refractivity contribution in [3.05, 3.63) is 57.6 Å². The summed E-state index contributed by atoms with van der Waals surface area (Å²) in [6.07, 6.45) is 20.9. The van der Waals surface area contributed by atoms with Crippen molar-refractivity contribution in [1.29, 1.82) is 0 Å². The molecule has 1 heterocycles. The maximum atomic E-state index is 3.02. The van der Waals surface area contributed by atoms with Crippen LogP contribution in [0, 0.1) is 0 Å². The van der Waals surface area contributed by atoms with Crippen LogP contribution in [0.5, 0.6) is 0 Å². The summed E-state index contributed by atoms with van der Waals surface area (Å²) < 4.78 is 0. The first-order valence-corrected chi connectivity index (χ1v) is 34.3. The molecule has 1 heteroatoms. The summed E-state index contributed by atoms with van der Waals surface area (Å²) >= 11 is 0. The van der Waals surface area contributed by atoms with Crippen molar-refractivity contribution in [2.75, 3.05) is 13.6 Å². The van der Waals surface area contributed by atoms with Gasteiger partial charge in [0.05, 0.1) is 10.8 Å². The van der Waals surface area contributed by atoms with E-state index in [4.69, 9.17) is 0 Å². The maximum absolute atomic E-state index is 3.02. The van der Waals surface area contributed by atoms with E-state index in [0.717, 1.165) is 6.54 Å². The molecule has 0 saturated carbocycles. The third-order valence-electron chi connectivity index (χ3n) is 30.0. The van der Waals surface area contributed by atoms with Gasteiger partial charge in [0.1, 0.15) is 0 Å². The molecular formula is C85H43N. The second-order valence-electron chi connectivity index (χ2n) is 31.9. The first-order chi connectivity index (χ1) is 42.8. The first-order valence-electron chi connectivity index (χ1n) is 34.3. The van der Waals surface area contributed by atoms with E-state index in [1.165, 1.54) is 96.3 Å². The minimum Gasteiger partial charge on any atom is -0.297 e. The minimum absolute atomic E-state index is 0.189. The van der Waals surface area contributed by atoms with E-state index >= 15 is 0 Å². The van der Waals surface area contributed by atoms with Crippen LogP contribution in [0.4, 0.5) is 0 Å². The van der Waals surface area contributed by atoms with Crippen molar-refractivity contribution in [2.24, 2.45) is 0 Å². The quantitative estimate of drug-likeness (QED) is 0.0688.